The summed E-state index contributed by atoms with van der Waals surface area (Å²) in [4.78, 5) is 28.8. The minimum absolute atomic E-state index is 0.245. The zero-order chi connectivity index (χ0) is 13.8. The van der Waals surface area contributed by atoms with Crippen LogP contribution in [0.3, 0.4) is 0 Å². The van der Waals surface area contributed by atoms with Crippen LogP contribution in [-0.4, -0.2) is 59.7 Å². The maximum Gasteiger partial charge on any atom is 0.327 e. The fraction of sp³-hybridized carbons (Fsp3) is 0.417. The lowest BCUT2D eigenvalue weighted by Gasteiger charge is -2.33. The molecular weight excluding hydrogens is 250 g/mol. The Morgan fingerprint density at radius 3 is 3.05 bits per heavy atom. The molecule has 0 saturated carbocycles. The molecular formula is C12H15N3O4. The second-order valence-corrected chi connectivity index (χ2v) is 4.13. The molecule has 102 valence electrons. The van der Waals surface area contributed by atoms with E-state index in [0.717, 1.165) is 0 Å². The lowest BCUT2D eigenvalue weighted by molar-refractivity contribution is -0.142. The van der Waals surface area contributed by atoms with E-state index in [-0.39, 0.29) is 12.5 Å². The maximum absolute atomic E-state index is 12.4. The lowest BCUT2D eigenvalue weighted by atomic mass is 10.1. The van der Waals surface area contributed by atoms with Crippen molar-refractivity contribution < 1.29 is 19.4 Å². The van der Waals surface area contributed by atoms with Crippen molar-refractivity contribution in [1.29, 1.82) is 0 Å². The number of aliphatic carboxylic acids is 1. The summed E-state index contributed by atoms with van der Waals surface area (Å²) >= 11 is 0. The molecule has 1 aromatic rings. The Kier molecular flexibility index (Phi) is 3.96. The van der Waals surface area contributed by atoms with Gasteiger partial charge in [0, 0.05) is 25.8 Å². The molecule has 0 bridgehead atoms. The molecule has 1 atom stereocenters. The summed E-state index contributed by atoms with van der Waals surface area (Å²) in [7, 11) is 1.44. The minimum atomic E-state index is -1.02. The van der Waals surface area contributed by atoms with E-state index in [1.165, 1.54) is 30.5 Å². The van der Waals surface area contributed by atoms with Crippen LogP contribution in [0.25, 0.3) is 0 Å². The number of hydrogen-bond acceptors (Lipinski definition) is 5. The van der Waals surface area contributed by atoms with Crippen LogP contribution in [0.5, 0.6) is 5.75 Å². The molecule has 0 spiro atoms. The quantitative estimate of drug-likeness (QED) is 0.772. The number of carboxylic acid groups (broad SMARTS) is 1. The highest BCUT2D eigenvalue weighted by atomic mass is 16.5. The summed E-state index contributed by atoms with van der Waals surface area (Å²) in [5.41, 5.74) is 0.325. The van der Waals surface area contributed by atoms with Gasteiger partial charge in [0.15, 0.2) is 0 Å². The average Bonchev–Trinajstić information content (AvgIpc) is 2.46. The van der Waals surface area contributed by atoms with Gasteiger partial charge in [0.2, 0.25) is 0 Å². The highest BCUT2D eigenvalue weighted by Crippen LogP contribution is 2.19. The number of carbonyl (C=O) groups excluding carboxylic acids is 1. The molecule has 1 amide bonds. The van der Waals surface area contributed by atoms with Crippen molar-refractivity contribution in [3.8, 4) is 5.75 Å². The van der Waals surface area contributed by atoms with Crippen LogP contribution in [0.2, 0.25) is 0 Å². The summed E-state index contributed by atoms with van der Waals surface area (Å²) in [6, 6.07) is 0.668. The molecule has 0 aromatic carbocycles. The molecule has 2 rings (SSSR count). The topological polar surface area (TPSA) is 91.8 Å². The predicted molar refractivity (Wildman–Crippen MR) is 66.1 cm³/mol. The van der Waals surface area contributed by atoms with Crippen LogP contribution in [0.15, 0.2) is 18.5 Å². The summed E-state index contributed by atoms with van der Waals surface area (Å²) in [5.74, 6) is -1.03. The van der Waals surface area contributed by atoms with E-state index in [1.807, 2.05) is 0 Å². The number of hydrogen-bond donors (Lipinski definition) is 2. The first kappa shape index (κ1) is 13.3. The average molecular weight is 265 g/mol. The van der Waals surface area contributed by atoms with Crippen molar-refractivity contribution in [2.75, 3.05) is 26.7 Å². The Hall–Kier alpha value is -2.15. The van der Waals surface area contributed by atoms with Gasteiger partial charge in [-0.1, -0.05) is 0 Å². The number of carbonyl (C=O) groups is 2. The Bertz CT molecular complexity index is 492. The van der Waals surface area contributed by atoms with Crippen molar-refractivity contribution in [3.63, 3.8) is 0 Å². The van der Waals surface area contributed by atoms with Crippen LogP contribution in [0.1, 0.15) is 10.4 Å². The summed E-state index contributed by atoms with van der Waals surface area (Å²) < 4.78 is 5.08. The van der Waals surface area contributed by atoms with E-state index < -0.39 is 12.0 Å². The number of aromatic nitrogens is 1. The highest BCUT2D eigenvalue weighted by Gasteiger charge is 2.33. The van der Waals surface area contributed by atoms with E-state index in [9.17, 15) is 9.59 Å². The molecule has 1 aromatic heterocycles. The number of rotatable bonds is 3. The van der Waals surface area contributed by atoms with Gasteiger partial charge in [0.1, 0.15) is 11.8 Å². The van der Waals surface area contributed by atoms with Gasteiger partial charge in [-0.15, -0.1) is 0 Å². The molecule has 1 saturated heterocycles. The van der Waals surface area contributed by atoms with Crippen molar-refractivity contribution in [2.24, 2.45) is 0 Å². The van der Waals surface area contributed by atoms with Crippen LogP contribution in [0.4, 0.5) is 0 Å². The summed E-state index contributed by atoms with van der Waals surface area (Å²) in [6.45, 7) is 1.17. The second kappa shape index (κ2) is 5.66. The van der Waals surface area contributed by atoms with Crippen molar-refractivity contribution in [1.82, 2.24) is 15.2 Å². The molecule has 2 heterocycles. The zero-order valence-corrected chi connectivity index (χ0v) is 10.5. The first-order valence-electron chi connectivity index (χ1n) is 5.87. The van der Waals surface area contributed by atoms with E-state index in [1.54, 1.807) is 0 Å². The molecule has 0 aliphatic carbocycles. The van der Waals surface area contributed by atoms with Crippen LogP contribution < -0.4 is 10.1 Å². The number of pyridine rings is 1. The normalized spacial score (nSPS) is 19.0. The number of carboxylic acids is 1. The Morgan fingerprint density at radius 2 is 2.37 bits per heavy atom. The molecule has 0 radical (unpaired) electrons. The van der Waals surface area contributed by atoms with Crippen LogP contribution >= 0.6 is 0 Å². The Balaban J connectivity index is 2.29. The molecule has 1 fully saturated rings. The van der Waals surface area contributed by atoms with E-state index >= 15 is 0 Å². The van der Waals surface area contributed by atoms with Gasteiger partial charge in [-0.2, -0.15) is 0 Å². The molecule has 2 N–H and O–H groups in total. The molecule has 1 aliphatic heterocycles. The van der Waals surface area contributed by atoms with Gasteiger partial charge < -0.3 is 20.1 Å². The largest absolute Gasteiger partial charge is 0.494 e. The third-order valence-corrected chi connectivity index (χ3v) is 3.02. The number of nitrogens with zero attached hydrogens (tertiary/aromatic N) is 2. The standard InChI is InChI=1S/C12H15N3O4/c1-19-10-7-13-3-2-8(10)11(16)15-5-4-14-6-9(15)12(17)18/h2-3,7,9,14H,4-6H2,1H3,(H,17,18). The lowest BCUT2D eigenvalue weighted by Crippen LogP contribution is -2.57. The van der Waals surface area contributed by atoms with Gasteiger partial charge in [-0.3, -0.25) is 9.78 Å². The third kappa shape index (κ3) is 2.65. The van der Waals surface area contributed by atoms with Crippen molar-refractivity contribution >= 4 is 11.9 Å². The van der Waals surface area contributed by atoms with E-state index in [2.05, 4.69) is 10.3 Å². The molecule has 1 aliphatic rings. The van der Waals surface area contributed by atoms with Crippen LogP contribution in [-0.2, 0) is 4.79 Å². The first-order chi connectivity index (χ1) is 9.15. The van der Waals surface area contributed by atoms with Crippen LogP contribution in [0, 0.1) is 0 Å². The highest BCUT2D eigenvalue weighted by molar-refractivity contribution is 5.99. The third-order valence-electron chi connectivity index (χ3n) is 3.02. The fourth-order valence-corrected chi connectivity index (χ4v) is 2.04. The number of ether oxygens (including phenoxy) is 1. The zero-order valence-electron chi connectivity index (χ0n) is 10.5. The Labute approximate surface area is 110 Å². The second-order valence-electron chi connectivity index (χ2n) is 4.13. The van der Waals surface area contributed by atoms with Crippen molar-refractivity contribution in [3.05, 3.63) is 24.0 Å². The minimum Gasteiger partial charge on any atom is -0.494 e. The molecule has 7 nitrogen and oxygen atoms in total. The van der Waals surface area contributed by atoms with Gasteiger partial charge in [-0.05, 0) is 6.07 Å². The monoisotopic (exact) mass is 265 g/mol. The number of nitrogens with one attached hydrogen (secondary N) is 1. The molecule has 1 unspecified atom stereocenters. The summed E-state index contributed by atoms with van der Waals surface area (Å²) in [6.07, 6.45) is 2.92. The number of amides is 1. The summed E-state index contributed by atoms with van der Waals surface area (Å²) in [5, 5.41) is 12.1. The molecule has 19 heavy (non-hydrogen) atoms. The predicted octanol–water partition coefficient (Wildman–Crippen LogP) is -0.411. The fourth-order valence-electron chi connectivity index (χ4n) is 2.04. The number of piperazine rings is 1. The van der Waals surface area contributed by atoms with E-state index in [4.69, 9.17) is 9.84 Å². The molecule has 7 heteroatoms. The van der Waals surface area contributed by atoms with Crippen molar-refractivity contribution in [2.45, 2.75) is 6.04 Å². The smallest absolute Gasteiger partial charge is 0.327 e. The Morgan fingerprint density at radius 1 is 1.58 bits per heavy atom. The van der Waals surface area contributed by atoms with E-state index in [0.29, 0.717) is 24.4 Å². The van der Waals surface area contributed by atoms with Gasteiger partial charge in [-0.25, -0.2) is 4.79 Å². The van der Waals surface area contributed by atoms with Gasteiger partial charge in [0.25, 0.3) is 5.91 Å². The maximum atomic E-state index is 12.4. The SMILES string of the molecule is COc1cnccc1C(=O)N1CCNCC1C(=O)O. The van der Waals surface area contributed by atoms with Gasteiger partial charge in [0.05, 0.1) is 18.9 Å². The number of methoxy groups -OCH3 is 1. The first-order valence-corrected chi connectivity index (χ1v) is 5.87. The van der Waals surface area contributed by atoms with Gasteiger partial charge >= 0.3 is 5.97 Å².